The maximum absolute atomic E-state index is 13.7. The Kier molecular flexibility index (Phi) is 7.24. The van der Waals surface area contributed by atoms with Gasteiger partial charge >= 0.3 is 0 Å². The van der Waals surface area contributed by atoms with E-state index in [-0.39, 0.29) is 11.5 Å². The van der Waals surface area contributed by atoms with Crippen LogP contribution in [0.25, 0.3) is 11.7 Å². The van der Waals surface area contributed by atoms with Gasteiger partial charge in [-0.15, -0.1) is 0 Å². The second-order valence-electron chi connectivity index (χ2n) is 9.48. The van der Waals surface area contributed by atoms with Gasteiger partial charge in [0.25, 0.3) is 11.5 Å². The van der Waals surface area contributed by atoms with Crippen molar-refractivity contribution in [1.82, 2.24) is 14.3 Å². The molecule has 2 saturated heterocycles. The molecule has 2 aliphatic heterocycles. The highest BCUT2D eigenvalue weighted by molar-refractivity contribution is 8.26. The molecule has 1 amide bonds. The average Bonchev–Trinajstić information content (AvgIpc) is 3.02. The van der Waals surface area contributed by atoms with E-state index in [9.17, 15) is 9.59 Å². The molecule has 176 valence electrons. The quantitative estimate of drug-likeness (QED) is 0.331. The lowest BCUT2D eigenvalue weighted by Gasteiger charge is -2.36. The van der Waals surface area contributed by atoms with E-state index in [4.69, 9.17) is 17.2 Å². The lowest BCUT2D eigenvalue weighted by Crippen LogP contribution is -2.40. The van der Waals surface area contributed by atoms with E-state index >= 15 is 0 Å². The zero-order chi connectivity index (χ0) is 23.7. The molecule has 2 aromatic rings. The number of thioether (sulfide) groups is 1. The van der Waals surface area contributed by atoms with Crippen LogP contribution in [0.3, 0.4) is 0 Å². The van der Waals surface area contributed by atoms with Crippen LogP contribution in [-0.4, -0.2) is 44.1 Å². The number of nitrogens with zero attached hydrogens (tertiary/aromatic N) is 4. The van der Waals surface area contributed by atoms with Crippen molar-refractivity contribution < 1.29 is 4.79 Å². The van der Waals surface area contributed by atoms with Gasteiger partial charge in [-0.25, -0.2) is 4.98 Å². The number of carbonyl (C=O) groups is 1. The van der Waals surface area contributed by atoms with Gasteiger partial charge in [-0.3, -0.25) is 18.9 Å². The first kappa shape index (κ1) is 24.0. The predicted molar refractivity (Wildman–Crippen MR) is 141 cm³/mol. The standard InChI is InChI=1S/C25H32N4O2S2/c1-5-6-7-10-28-24(31)20(33-25(28)32)12-19-22(27-13-17(3)11-18(4)14-27)26-21-9-8-16(2)15-29(21)23(19)30/h8-9,12,15,17-18H,5-7,10-11,13-14H2,1-4H3/b20-12-/t17-,18+. The summed E-state index contributed by atoms with van der Waals surface area (Å²) in [4.78, 5) is 36.1. The van der Waals surface area contributed by atoms with Crippen molar-refractivity contribution in [3.8, 4) is 0 Å². The van der Waals surface area contributed by atoms with Gasteiger partial charge in [0, 0.05) is 25.8 Å². The molecule has 0 saturated carbocycles. The largest absolute Gasteiger partial charge is 0.355 e. The SMILES string of the molecule is CCCCCN1C(=O)/C(=C/c2c(N3C[C@H](C)C[C@H](C)C3)nc3ccc(C)cn3c2=O)SC1=S. The molecule has 6 nitrogen and oxygen atoms in total. The number of thiocarbonyl (C=S) groups is 1. The van der Waals surface area contributed by atoms with Gasteiger partial charge in [0.15, 0.2) is 0 Å². The van der Waals surface area contributed by atoms with Gasteiger partial charge in [0.1, 0.15) is 15.8 Å². The van der Waals surface area contributed by atoms with Gasteiger partial charge in [-0.1, -0.05) is 63.7 Å². The fourth-order valence-corrected chi connectivity index (χ4v) is 6.08. The summed E-state index contributed by atoms with van der Waals surface area (Å²) in [6.45, 7) is 10.9. The Balaban J connectivity index is 1.80. The van der Waals surface area contributed by atoms with Crippen molar-refractivity contribution in [3.63, 3.8) is 0 Å². The zero-order valence-corrected chi connectivity index (χ0v) is 21.5. The Labute approximate surface area is 205 Å². The average molecular weight is 485 g/mol. The number of amides is 1. The highest BCUT2D eigenvalue weighted by Crippen LogP contribution is 2.34. The number of aromatic nitrogens is 2. The second-order valence-corrected chi connectivity index (χ2v) is 11.2. The summed E-state index contributed by atoms with van der Waals surface area (Å²) in [7, 11) is 0. The maximum Gasteiger partial charge on any atom is 0.267 e. The number of unbranched alkanes of at least 4 members (excludes halogenated alkanes) is 2. The Morgan fingerprint density at radius 1 is 1.18 bits per heavy atom. The molecule has 2 aliphatic rings. The topological polar surface area (TPSA) is 57.9 Å². The van der Waals surface area contributed by atoms with Crippen LogP contribution in [0.2, 0.25) is 0 Å². The van der Waals surface area contributed by atoms with Crippen LogP contribution in [0.4, 0.5) is 5.82 Å². The number of hydrogen-bond acceptors (Lipinski definition) is 6. The predicted octanol–water partition coefficient (Wildman–Crippen LogP) is 4.88. The normalized spacial score (nSPS) is 22.7. The molecular formula is C25H32N4O2S2. The van der Waals surface area contributed by atoms with E-state index < -0.39 is 0 Å². The number of hydrogen-bond donors (Lipinski definition) is 0. The lowest BCUT2D eigenvalue weighted by molar-refractivity contribution is -0.122. The minimum Gasteiger partial charge on any atom is -0.355 e. The highest BCUT2D eigenvalue weighted by atomic mass is 32.2. The monoisotopic (exact) mass is 484 g/mol. The second kappa shape index (κ2) is 9.97. The highest BCUT2D eigenvalue weighted by Gasteiger charge is 2.33. The molecule has 2 atom stereocenters. The summed E-state index contributed by atoms with van der Waals surface area (Å²) in [5, 5.41) is 0. The Morgan fingerprint density at radius 2 is 1.91 bits per heavy atom. The fraction of sp³-hybridized carbons (Fsp3) is 0.520. The molecule has 33 heavy (non-hydrogen) atoms. The van der Waals surface area contributed by atoms with E-state index in [0.717, 1.165) is 44.3 Å². The Hall–Kier alpha value is -2.19. The first-order valence-electron chi connectivity index (χ1n) is 11.8. The third kappa shape index (κ3) is 5.01. The van der Waals surface area contributed by atoms with E-state index in [2.05, 4.69) is 25.7 Å². The van der Waals surface area contributed by atoms with Crippen LogP contribution in [-0.2, 0) is 4.79 Å². The molecule has 0 N–H and O–H groups in total. The van der Waals surface area contributed by atoms with E-state index in [1.165, 1.54) is 11.8 Å². The van der Waals surface area contributed by atoms with Crippen molar-refractivity contribution in [3.05, 3.63) is 44.7 Å². The van der Waals surface area contributed by atoms with Gasteiger partial charge in [0.05, 0.1) is 10.5 Å². The molecule has 4 heterocycles. The van der Waals surface area contributed by atoms with Crippen molar-refractivity contribution >= 4 is 51.7 Å². The zero-order valence-electron chi connectivity index (χ0n) is 19.8. The molecule has 2 aromatic heterocycles. The summed E-state index contributed by atoms with van der Waals surface area (Å²) < 4.78 is 2.15. The van der Waals surface area contributed by atoms with E-state index in [1.807, 2.05) is 25.3 Å². The minimum atomic E-state index is -0.152. The summed E-state index contributed by atoms with van der Waals surface area (Å²) in [6, 6.07) is 3.85. The summed E-state index contributed by atoms with van der Waals surface area (Å²) >= 11 is 6.78. The van der Waals surface area contributed by atoms with Crippen molar-refractivity contribution in [2.24, 2.45) is 11.8 Å². The van der Waals surface area contributed by atoms with E-state index in [0.29, 0.717) is 44.6 Å². The molecule has 0 spiro atoms. The summed E-state index contributed by atoms with van der Waals surface area (Å²) in [5.74, 6) is 1.58. The van der Waals surface area contributed by atoms with E-state index in [1.54, 1.807) is 15.4 Å². The van der Waals surface area contributed by atoms with Crippen LogP contribution in [0.1, 0.15) is 57.6 Å². The summed E-state index contributed by atoms with van der Waals surface area (Å²) in [5.41, 5.74) is 1.91. The smallest absolute Gasteiger partial charge is 0.267 e. The van der Waals surface area contributed by atoms with Gasteiger partial charge < -0.3 is 4.90 Å². The number of carbonyl (C=O) groups excluding carboxylic acids is 1. The number of rotatable bonds is 6. The molecule has 0 aliphatic carbocycles. The first-order valence-corrected chi connectivity index (χ1v) is 13.0. The third-order valence-electron chi connectivity index (χ3n) is 6.29. The van der Waals surface area contributed by atoms with Gasteiger partial charge in [-0.2, -0.15) is 0 Å². The number of anilines is 1. The van der Waals surface area contributed by atoms with Crippen molar-refractivity contribution in [1.29, 1.82) is 0 Å². The van der Waals surface area contributed by atoms with Gasteiger partial charge in [0.2, 0.25) is 0 Å². The fourth-order valence-electron chi connectivity index (χ4n) is 4.79. The third-order valence-corrected chi connectivity index (χ3v) is 7.67. The summed E-state index contributed by atoms with van der Waals surface area (Å²) in [6.07, 6.45) is 7.75. The van der Waals surface area contributed by atoms with Crippen LogP contribution < -0.4 is 10.5 Å². The molecule has 0 unspecified atom stereocenters. The van der Waals surface area contributed by atoms with Crippen LogP contribution in [0, 0.1) is 18.8 Å². The molecule has 4 rings (SSSR count). The van der Waals surface area contributed by atoms with Crippen LogP contribution in [0.5, 0.6) is 0 Å². The Morgan fingerprint density at radius 3 is 2.61 bits per heavy atom. The van der Waals surface area contributed by atoms with Crippen molar-refractivity contribution in [2.75, 3.05) is 24.5 Å². The number of piperidine rings is 1. The molecule has 8 heteroatoms. The number of fused-ring (bicyclic) bond motifs is 1. The minimum absolute atomic E-state index is 0.110. The van der Waals surface area contributed by atoms with Crippen molar-refractivity contribution in [2.45, 2.75) is 53.4 Å². The van der Waals surface area contributed by atoms with Gasteiger partial charge in [-0.05, 0) is 49.3 Å². The molecule has 0 bridgehead atoms. The van der Waals surface area contributed by atoms with Crippen LogP contribution >= 0.6 is 24.0 Å². The molecule has 0 radical (unpaired) electrons. The number of aryl methyl sites for hydroxylation is 1. The van der Waals surface area contributed by atoms with Crippen LogP contribution in [0.15, 0.2) is 28.0 Å². The molecule has 0 aromatic carbocycles. The molecule has 2 fully saturated rings. The maximum atomic E-state index is 13.7. The Bertz CT molecular complexity index is 1160. The molecular weight excluding hydrogens is 452 g/mol. The lowest BCUT2D eigenvalue weighted by atomic mass is 9.91. The number of pyridine rings is 1. The first-order chi connectivity index (χ1) is 15.8.